The summed E-state index contributed by atoms with van der Waals surface area (Å²) in [6, 6.07) is 8.93. The Labute approximate surface area is 110 Å². The zero-order chi connectivity index (χ0) is 13.8. The van der Waals surface area contributed by atoms with Gasteiger partial charge in [-0.1, -0.05) is 6.07 Å². The fourth-order valence-electron chi connectivity index (χ4n) is 1.71. The van der Waals surface area contributed by atoms with E-state index in [2.05, 4.69) is 10.3 Å². The van der Waals surface area contributed by atoms with E-state index in [4.69, 9.17) is 0 Å². The van der Waals surface area contributed by atoms with Gasteiger partial charge in [-0.2, -0.15) is 0 Å². The zero-order valence-electron chi connectivity index (χ0n) is 10.4. The molecule has 5 heteroatoms. The van der Waals surface area contributed by atoms with Crippen LogP contribution < -0.4 is 5.32 Å². The number of amides is 1. The van der Waals surface area contributed by atoms with E-state index in [0.29, 0.717) is 0 Å². The van der Waals surface area contributed by atoms with Gasteiger partial charge in [0, 0.05) is 17.8 Å². The average molecular weight is 258 g/mol. The fraction of sp³-hybridized carbons (Fsp3) is 0.143. The Morgan fingerprint density at radius 3 is 2.47 bits per heavy atom. The van der Waals surface area contributed by atoms with Crippen molar-refractivity contribution in [3.63, 3.8) is 0 Å². The summed E-state index contributed by atoms with van der Waals surface area (Å²) in [5, 5.41) is 21.4. The Kier molecular flexibility index (Phi) is 3.66. The number of benzene rings is 1. The fourth-order valence-corrected chi connectivity index (χ4v) is 1.71. The van der Waals surface area contributed by atoms with Crippen LogP contribution >= 0.6 is 0 Å². The number of hydrogen-bond donors (Lipinski definition) is 3. The maximum absolute atomic E-state index is 12.0. The van der Waals surface area contributed by atoms with E-state index in [9.17, 15) is 15.0 Å². The molecule has 1 aromatic carbocycles. The van der Waals surface area contributed by atoms with Crippen molar-refractivity contribution in [3.05, 3.63) is 53.9 Å². The van der Waals surface area contributed by atoms with Crippen molar-refractivity contribution in [1.82, 2.24) is 10.3 Å². The lowest BCUT2D eigenvalue weighted by Crippen LogP contribution is -2.27. The number of carbonyl (C=O) groups is 1. The van der Waals surface area contributed by atoms with Crippen LogP contribution in [0.5, 0.6) is 11.5 Å². The number of hydrogen-bond acceptors (Lipinski definition) is 4. The molecule has 5 nitrogen and oxygen atoms in total. The summed E-state index contributed by atoms with van der Waals surface area (Å²) >= 11 is 0. The second-order valence-electron chi connectivity index (χ2n) is 4.19. The Morgan fingerprint density at radius 1 is 1.21 bits per heavy atom. The minimum absolute atomic E-state index is 0.157. The van der Waals surface area contributed by atoms with Gasteiger partial charge in [-0.05, 0) is 31.2 Å². The largest absolute Gasteiger partial charge is 0.508 e. The van der Waals surface area contributed by atoms with Crippen molar-refractivity contribution in [3.8, 4) is 11.5 Å². The average Bonchev–Trinajstić information content (AvgIpc) is 2.38. The van der Waals surface area contributed by atoms with Gasteiger partial charge in [-0.15, -0.1) is 0 Å². The van der Waals surface area contributed by atoms with E-state index in [0.717, 1.165) is 5.69 Å². The minimum Gasteiger partial charge on any atom is -0.508 e. The summed E-state index contributed by atoms with van der Waals surface area (Å²) in [7, 11) is 0. The highest BCUT2D eigenvalue weighted by molar-refractivity contribution is 5.95. The van der Waals surface area contributed by atoms with Gasteiger partial charge in [0.05, 0.1) is 11.7 Å². The number of phenols is 2. The Bertz CT molecular complexity index is 564. The van der Waals surface area contributed by atoms with E-state index >= 15 is 0 Å². The Hall–Kier alpha value is -2.56. The molecule has 0 radical (unpaired) electrons. The third-order valence-corrected chi connectivity index (χ3v) is 2.64. The molecule has 3 N–H and O–H groups in total. The molecule has 1 atom stereocenters. The van der Waals surface area contributed by atoms with Gasteiger partial charge in [0.2, 0.25) is 0 Å². The highest BCUT2D eigenvalue weighted by atomic mass is 16.3. The van der Waals surface area contributed by atoms with Crippen molar-refractivity contribution in [2.24, 2.45) is 0 Å². The van der Waals surface area contributed by atoms with Gasteiger partial charge in [-0.25, -0.2) is 0 Å². The maximum Gasteiger partial charge on any atom is 0.252 e. The van der Waals surface area contributed by atoms with Gasteiger partial charge < -0.3 is 15.5 Å². The summed E-state index contributed by atoms with van der Waals surface area (Å²) in [5.41, 5.74) is 0.931. The molecule has 0 spiro atoms. The molecule has 19 heavy (non-hydrogen) atoms. The molecule has 0 saturated carbocycles. The van der Waals surface area contributed by atoms with Crippen LogP contribution in [0.4, 0.5) is 0 Å². The van der Waals surface area contributed by atoms with Gasteiger partial charge in [0.1, 0.15) is 11.5 Å². The number of carbonyl (C=O) groups excluding carboxylic acids is 1. The molecule has 1 aromatic heterocycles. The van der Waals surface area contributed by atoms with Crippen LogP contribution in [0.3, 0.4) is 0 Å². The molecule has 2 rings (SSSR count). The van der Waals surface area contributed by atoms with Crippen LogP contribution in [0.25, 0.3) is 0 Å². The molecule has 0 fully saturated rings. The van der Waals surface area contributed by atoms with Crippen LogP contribution in [0.2, 0.25) is 0 Å². The van der Waals surface area contributed by atoms with Gasteiger partial charge in [0.15, 0.2) is 0 Å². The van der Waals surface area contributed by atoms with Crippen molar-refractivity contribution < 1.29 is 15.0 Å². The number of aromatic nitrogens is 1. The number of aromatic hydroxyl groups is 2. The first kappa shape index (κ1) is 12.9. The van der Waals surface area contributed by atoms with E-state index in [1.807, 2.05) is 19.1 Å². The second kappa shape index (κ2) is 5.39. The quantitative estimate of drug-likeness (QED) is 0.786. The molecular weight excluding hydrogens is 244 g/mol. The van der Waals surface area contributed by atoms with Crippen LogP contribution in [-0.4, -0.2) is 21.1 Å². The van der Waals surface area contributed by atoms with Crippen molar-refractivity contribution >= 4 is 5.91 Å². The first-order valence-corrected chi connectivity index (χ1v) is 5.81. The standard InChI is InChI=1S/C14H14N2O3/c1-9(13-4-2-3-5-15-13)16-14(19)10-6-11(17)8-12(18)7-10/h2-9,17-18H,1H3,(H,16,19). The molecule has 98 valence electrons. The number of nitrogens with zero attached hydrogens (tertiary/aromatic N) is 1. The van der Waals surface area contributed by atoms with Crippen LogP contribution in [-0.2, 0) is 0 Å². The summed E-state index contributed by atoms with van der Waals surface area (Å²) in [4.78, 5) is 16.1. The van der Waals surface area contributed by atoms with Crippen molar-refractivity contribution in [2.75, 3.05) is 0 Å². The summed E-state index contributed by atoms with van der Waals surface area (Å²) in [6.07, 6.45) is 1.65. The van der Waals surface area contributed by atoms with E-state index in [1.54, 1.807) is 12.3 Å². The highest BCUT2D eigenvalue weighted by Crippen LogP contribution is 2.21. The highest BCUT2D eigenvalue weighted by Gasteiger charge is 2.13. The maximum atomic E-state index is 12.0. The topological polar surface area (TPSA) is 82.5 Å². The molecule has 0 aliphatic rings. The lowest BCUT2D eigenvalue weighted by Gasteiger charge is -2.13. The lowest BCUT2D eigenvalue weighted by molar-refractivity contribution is 0.0938. The van der Waals surface area contributed by atoms with Crippen molar-refractivity contribution in [2.45, 2.75) is 13.0 Å². The predicted octanol–water partition coefficient (Wildman–Crippen LogP) is 1.98. The van der Waals surface area contributed by atoms with Crippen LogP contribution in [0.1, 0.15) is 29.0 Å². The minimum atomic E-state index is -0.385. The molecule has 0 saturated heterocycles. The molecular formula is C14H14N2O3. The molecule has 1 unspecified atom stereocenters. The summed E-state index contributed by atoms with van der Waals surface area (Å²) in [5.74, 6) is -0.698. The normalized spacial score (nSPS) is 11.8. The van der Waals surface area contributed by atoms with Crippen molar-refractivity contribution in [1.29, 1.82) is 0 Å². The van der Waals surface area contributed by atoms with E-state index in [1.165, 1.54) is 18.2 Å². The van der Waals surface area contributed by atoms with Crippen LogP contribution in [0.15, 0.2) is 42.6 Å². The SMILES string of the molecule is CC(NC(=O)c1cc(O)cc(O)c1)c1ccccn1. The first-order valence-electron chi connectivity index (χ1n) is 5.81. The summed E-state index contributed by atoms with van der Waals surface area (Å²) < 4.78 is 0. The predicted molar refractivity (Wildman–Crippen MR) is 69.9 cm³/mol. The molecule has 0 aliphatic carbocycles. The number of pyridine rings is 1. The molecule has 0 bridgehead atoms. The number of nitrogens with one attached hydrogen (secondary N) is 1. The van der Waals surface area contributed by atoms with Gasteiger partial charge in [-0.3, -0.25) is 9.78 Å². The molecule has 1 amide bonds. The number of phenolic OH excluding ortho intramolecular Hbond substituents is 2. The number of rotatable bonds is 3. The van der Waals surface area contributed by atoms with Gasteiger partial charge in [0.25, 0.3) is 5.91 Å². The molecule has 2 aromatic rings. The van der Waals surface area contributed by atoms with E-state index < -0.39 is 0 Å². The Balaban J connectivity index is 2.13. The molecule has 1 heterocycles. The third kappa shape index (κ3) is 3.22. The summed E-state index contributed by atoms with van der Waals surface area (Å²) in [6.45, 7) is 1.81. The first-order chi connectivity index (χ1) is 9.06. The smallest absolute Gasteiger partial charge is 0.252 e. The van der Waals surface area contributed by atoms with E-state index in [-0.39, 0.29) is 29.0 Å². The monoisotopic (exact) mass is 258 g/mol. The van der Waals surface area contributed by atoms with Gasteiger partial charge >= 0.3 is 0 Å². The van der Waals surface area contributed by atoms with Crippen LogP contribution in [0, 0.1) is 0 Å². The molecule has 0 aliphatic heterocycles. The third-order valence-electron chi connectivity index (χ3n) is 2.64. The zero-order valence-corrected chi connectivity index (χ0v) is 10.4. The lowest BCUT2D eigenvalue weighted by atomic mass is 10.1. The second-order valence-corrected chi connectivity index (χ2v) is 4.19. The Morgan fingerprint density at radius 2 is 1.89 bits per heavy atom.